The van der Waals surface area contributed by atoms with E-state index in [1.807, 2.05) is 0 Å². The Hall–Kier alpha value is -2.99. The van der Waals surface area contributed by atoms with Crippen molar-refractivity contribution < 1.29 is 29.6 Å². The maximum atomic E-state index is 12.5. The normalized spacial score (nSPS) is 17.1. The Balaban J connectivity index is 2.17. The van der Waals surface area contributed by atoms with E-state index in [0.717, 1.165) is 5.56 Å². The van der Waals surface area contributed by atoms with Crippen LogP contribution in [0, 0.1) is 0 Å². The number of rotatable bonds is 4. The molecular weight excluding hydrogens is 324 g/mol. The number of ketones is 1. The Bertz CT molecular complexity index is 851. The SMILES string of the molecule is COc1ccc(C2=C(c3cc(O)c(O)c(OC)c3)C(=O)C(O)C2)cc1. The molecule has 2 aromatic carbocycles. The van der Waals surface area contributed by atoms with E-state index in [1.165, 1.54) is 19.2 Å². The molecule has 0 bridgehead atoms. The highest BCUT2D eigenvalue weighted by Crippen LogP contribution is 2.43. The van der Waals surface area contributed by atoms with Crippen molar-refractivity contribution in [3.63, 3.8) is 0 Å². The lowest BCUT2D eigenvalue weighted by molar-refractivity contribution is -0.120. The number of methoxy groups -OCH3 is 2. The molecule has 1 unspecified atom stereocenters. The monoisotopic (exact) mass is 342 g/mol. The van der Waals surface area contributed by atoms with Crippen LogP contribution in [0.3, 0.4) is 0 Å². The maximum absolute atomic E-state index is 12.5. The molecule has 0 saturated heterocycles. The fraction of sp³-hybridized carbons (Fsp3) is 0.211. The number of hydrogen-bond acceptors (Lipinski definition) is 6. The van der Waals surface area contributed by atoms with Gasteiger partial charge < -0.3 is 24.8 Å². The number of hydrogen-bond donors (Lipinski definition) is 3. The Morgan fingerprint density at radius 1 is 1.00 bits per heavy atom. The largest absolute Gasteiger partial charge is 0.504 e. The van der Waals surface area contributed by atoms with Crippen LogP contribution in [0.1, 0.15) is 17.5 Å². The van der Waals surface area contributed by atoms with E-state index in [1.54, 1.807) is 31.4 Å². The lowest BCUT2D eigenvalue weighted by atomic mass is 9.96. The van der Waals surface area contributed by atoms with Crippen molar-refractivity contribution in [2.75, 3.05) is 14.2 Å². The highest BCUT2D eigenvalue weighted by Gasteiger charge is 2.33. The molecule has 3 rings (SSSR count). The van der Waals surface area contributed by atoms with E-state index in [9.17, 15) is 20.1 Å². The van der Waals surface area contributed by atoms with Crippen molar-refractivity contribution in [2.24, 2.45) is 0 Å². The fourth-order valence-electron chi connectivity index (χ4n) is 2.97. The number of phenolic OH excluding ortho intramolecular Hbond substituents is 2. The molecule has 0 spiro atoms. The topological polar surface area (TPSA) is 96.2 Å². The van der Waals surface area contributed by atoms with Gasteiger partial charge in [0.2, 0.25) is 5.75 Å². The molecular formula is C19H18O6. The third-order valence-corrected chi connectivity index (χ3v) is 4.25. The summed E-state index contributed by atoms with van der Waals surface area (Å²) >= 11 is 0. The van der Waals surface area contributed by atoms with Gasteiger partial charge in [-0.15, -0.1) is 0 Å². The van der Waals surface area contributed by atoms with Gasteiger partial charge in [-0.05, 0) is 41.0 Å². The standard InChI is InChI=1S/C19H18O6/c1-24-12-5-3-10(4-6-12)13-9-15(21)19(23)17(13)11-7-14(20)18(22)16(8-11)25-2/h3-8,15,20-22H,9H2,1-2H3. The number of phenols is 2. The molecule has 0 heterocycles. The summed E-state index contributed by atoms with van der Waals surface area (Å²) in [5, 5.41) is 29.7. The van der Waals surface area contributed by atoms with Gasteiger partial charge in [0.1, 0.15) is 11.9 Å². The summed E-state index contributed by atoms with van der Waals surface area (Å²) in [4.78, 5) is 12.5. The van der Waals surface area contributed by atoms with Crippen LogP contribution < -0.4 is 9.47 Å². The Morgan fingerprint density at radius 2 is 1.68 bits per heavy atom. The van der Waals surface area contributed by atoms with E-state index in [-0.39, 0.29) is 12.2 Å². The van der Waals surface area contributed by atoms with Gasteiger partial charge in [-0.2, -0.15) is 0 Å². The van der Waals surface area contributed by atoms with Crippen molar-refractivity contribution in [3.8, 4) is 23.0 Å². The molecule has 1 aliphatic carbocycles. The first-order chi connectivity index (χ1) is 12.0. The second kappa shape index (κ2) is 6.49. The average molecular weight is 342 g/mol. The molecule has 0 radical (unpaired) electrons. The van der Waals surface area contributed by atoms with Crippen molar-refractivity contribution in [2.45, 2.75) is 12.5 Å². The van der Waals surface area contributed by atoms with Crippen molar-refractivity contribution in [1.29, 1.82) is 0 Å². The summed E-state index contributed by atoms with van der Waals surface area (Å²) in [5.74, 6) is -0.502. The Kier molecular flexibility index (Phi) is 4.37. The van der Waals surface area contributed by atoms with Crippen molar-refractivity contribution >= 4 is 16.9 Å². The van der Waals surface area contributed by atoms with E-state index in [0.29, 0.717) is 22.5 Å². The van der Waals surface area contributed by atoms with Gasteiger partial charge in [-0.25, -0.2) is 0 Å². The zero-order chi connectivity index (χ0) is 18.1. The van der Waals surface area contributed by atoms with E-state index < -0.39 is 23.4 Å². The molecule has 0 fully saturated rings. The van der Waals surface area contributed by atoms with Crippen LogP contribution in [0.25, 0.3) is 11.1 Å². The molecule has 2 aromatic rings. The second-order valence-corrected chi connectivity index (χ2v) is 5.71. The summed E-state index contributed by atoms with van der Waals surface area (Å²) in [6.45, 7) is 0. The Labute approximate surface area is 144 Å². The van der Waals surface area contributed by atoms with Gasteiger partial charge in [0.05, 0.1) is 14.2 Å². The molecule has 0 amide bonds. The van der Waals surface area contributed by atoms with Crippen molar-refractivity contribution in [3.05, 3.63) is 47.5 Å². The van der Waals surface area contributed by atoms with Crippen LogP contribution in [0.2, 0.25) is 0 Å². The maximum Gasteiger partial charge on any atom is 0.200 e. The lowest BCUT2D eigenvalue weighted by Crippen LogP contribution is -2.14. The van der Waals surface area contributed by atoms with E-state index in [2.05, 4.69) is 0 Å². The summed E-state index contributed by atoms with van der Waals surface area (Å²) in [6, 6.07) is 9.89. The number of benzene rings is 2. The third kappa shape index (κ3) is 2.92. The van der Waals surface area contributed by atoms with Crippen molar-refractivity contribution in [1.82, 2.24) is 0 Å². The Morgan fingerprint density at radius 3 is 2.28 bits per heavy atom. The zero-order valence-electron chi connectivity index (χ0n) is 13.8. The number of aliphatic hydroxyl groups is 1. The summed E-state index contributed by atoms with van der Waals surface area (Å²) in [7, 11) is 2.91. The fourth-order valence-corrected chi connectivity index (χ4v) is 2.97. The molecule has 6 nitrogen and oxygen atoms in total. The minimum Gasteiger partial charge on any atom is -0.504 e. The predicted molar refractivity (Wildman–Crippen MR) is 91.8 cm³/mol. The first kappa shape index (κ1) is 16.9. The first-order valence-corrected chi connectivity index (χ1v) is 7.66. The van der Waals surface area contributed by atoms with Crippen LogP contribution in [0.4, 0.5) is 0 Å². The van der Waals surface area contributed by atoms with Gasteiger partial charge in [-0.3, -0.25) is 4.79 Å². The predicted octanol–water partition coefficient (Wildman–Crippen LogP) is 2.36. The molecule has 130 valence electrons. The second-order valence-electron chi connectivity index (χ2n) is 5.71. The van der Waals surface area contributed by atoms with Gasteiger partial charge in [-0.1, -0.05) is 12.1 Å². The zero-order valence-corrected chi connectivity index (χ0v) is 13.8. The molecule has 3 N–H and O–H groups in total. The minimum absolute atomic E-state index is 0.0470. The van der Waals surface area contributed by atoms with Gasteiger partial charge in [0.25, 0.3) is 0 Å². The van der Waals surface area contributed by atoms with Crippen LogP contribution in [0.15, 0.2) is 36.4 Å². The number of carbonyl (C=O) groups excluding carboxylic acids is 1. The number of Topliss-reactive ketones (excluding diaryl/α,β-unsaturated/α-hetero) is 1. The van der Waals surface area contributed by atoms with Crippen LogP contribution in [-0.4, -0.2) is 41.4 Å². The summed E-state index contributed by atoms with van der Waals surface area (Å²) in [5.41, 5.74) is 2.10. The smallest absolute Gasteiger partial charge is 0.200 e. The van der Waals surface area contributed by atoms with E-state index in [4.69, 9.17) is 9.47 Å². The first-order valence-electron chi connectivity index (χ1n) is 7.66. The van der Waals surface area contributed by atoms with Crippen LogP contribution >= 0.6 is 0 Å². The number of aromatic hydroxyl groups is 2. The van der Waals surface area contributed by atoms with Crippen LogP contribution in [0.5, 0.6) is 23.0 Å². The summed E-state index contributed by atoms with van der Waals surface area (Å²) < 4.78 is 10.2. The molecule has 1 aliphatic rings. The quantitative estimate of drug-likeness (QED) is 0.738. The number of ether oxygens (including phenoxy) is 2. The highest BCUT2D eigenvalue weighted by molar-refractivity contribution is 6.33. The van der Waals surface area contributed by atoms with Gasteiger partial charge >= 0.3 is 0 Å². The lowest BCUT2D eigenvalue weighted by Gasteiger charge is -2.11. The van der Waals surface area contributed by atoms with Gasteiger partial charge in [0, 0.05) is 12.0 Å². The number of aliphatic hydroxyl groups excluding tert-OH is 1. The van der Waals surface area contributed by atoms with E-state index >= 15 is 0 Å². The molecule has 0 aliphatic heterocycles. The molecule has 0 saturated carbocycles. The molecule has 1 atom stereocenters. The third-order valence-electron chi connectivity index (χ3n) is 4.25. The highest BCUT2D eigenvalue weighted by atomic mass is 16.5. The van der Waals surface area contributed by atoms with Gasteiger partial charge in [0.15, 0.2) is 17.3 Å². The molecule has 6 heteroatoms. The van der Waals surface area contributed by atoms with Crippen LogP contribution in [-0.2, 0) is 4.79 Å². The average Bonchev–Trinajstić information content (AvgIpc) is 2.92. The number of carbonyl (C=O) groups is 1. The summed E-state index contributed by atoms with van der Waals surface area (Å²) in [6.07, 6.45) is -0.973. The molecule has 0 aromatic heterocycles. The molecule has 25 heavy (non-hydrogen) atoms. The minimum atomic E-state index is -1.14.